The van der Waals surface area contributed by atoms with Gasteiger partial charge in [0.25, 0.3) is 0 Å². The number of nitrogens with two attached hydrogens (primary N) is 1. The molecule has 2 aromatic heterocycles. The average Bonchev–Trinajstić information content (AvgIpc) is 3.20. The van der Waals surface area contributed by atoms with Crippen LogP contribution in [0.1, 0.15) is 6.23 Å². The maximum absolute atomic E-state index is 10.7. The first kappa shape index (κ1) is 31.0. The van der Waals surface area contributed by atoms with E-state index in [1.165, 1.54) is 17.2 Å². The second-order valence-corrected chi connectivity index (χ2v) is 12.3. The summed E-state index contributed by atoms with van der Waals surface area (Å²) in [5.74, 6) is 0.218. The van der Waals surface area contributed by atoms with Gasteiger partial charge in [-0.3, -0.25) is 4.57 Å². The number of phosphoric acid groups is 4. The van der Waals surface area contributed by atoms with Crippen molar-refractivity contribution in [3.63, 3.8) is 0 Å². The summed E-state index contributed by atoms with van der Waals surface area (Å²) < 4.78 is 57.8. The van der Waals surface area contributed by atoms with Crippen molar-refractivity contribution in [1.82, 2.24) is 19.5 Å². The lowest BCUT2D eigenvalue weighted by molar-refractivity contribution is -0.0511. The zero-order valence-corrected chi connectivity index (χ0v) is 20.7. The lowest BCUT2D eigenvalue weighted by Gasteiger charge is -2.16. The molecule has 1 aliphatic rings. The molecule has 0 radical (unpaired) electrons. The molecule has 26 heteroatoms. The Labute approximate surface area is 198 Å². The maximum Gasteiger partial charge on any atom is 0.490 e. The Morgan fingerprint density at radius 3 is 1.86 bits per heavy atom. The summed E-state index contributed by atoms with van der Waals surface area (Å²) in [7, 11) is -22.6. The standard InChI is InChI=1S/C10H13N5O4.H6O13P4/c11-8-5-9(13-2-12-8)15(3-14-5)10-7(18)6(17)4(1-16)19-10;1-14(2,3)11-16(7,8)13-17(9,10)12-15(4,5)6/h2-4,6-7,10,16-18H,1H2,(H2,11,12,13);(H,7,8)(H,9,10)(H2,1,2,3)(H2,4,5,6)/t4-,6-,7-,10-;/m1./s1. The Morgan fingerprint density at radius 1 is 0.889 bits per heavy atom. The molecule has 0 bridgehead atoms. The normalized spacial score (nSPS) is 26.1. The summed E-state index contributed by atoms with van der Waals surface area (Å²) in [6.07, 6.45) is -1.42. The lowest BCUT2D eigenvalue weighted by Crippen LogP contribution is -2.33. The van der Waals surface area contributed by atoms with Crippen LogP contribution in [0.15, 0.2) is 12.7 Å². The molecule has 1 saturated heterocycles. The molecular formula is C10H19N5O17P4. The van der Waals surface area contributed by atoms with Crippen LogP contribution >= 0.6 is 31.3 Å². The van der Waals surface area contributed by atoms with Gasteiger partial charge in [-0.15, -0.1) is 0 Å². The number of aliphatic hydroxyl groups excluding tert-OH is 3. The summed E-state index contributed by atoms with van der Waals surface area (Å²) >= 11 is 0. The van der Waals surface area contributed by atoms with Crippen molar-refractivity contribution in [2.45, 2.75) is 24.5 Å². The smallest absolute Gasteiger partial charge is 0.394 e. The number of imidazole rings is 1. The minimum Gasteiger partial charge on any atom is -0.394 e. The lowest BCUT2D eigenvalue weighted by atomic mass is 10.1. The van der Waals surface area contributed by atoms with Crippen molar-refractivity contribution >= 4 is 48.3 Å². The van der Waals surface area contributed by atoms with Gasteiger partial charge in [0.1, 0.15) is 30.2 Å². The van der Waals surface area contributed by atoms with Gasteiger partial charge < -0.3 is 55.2 Å². The summed E-state index contributed by atoms with van der Waals surface area (Å²) in [6, 6.07) is 0. The summed E-state index contributed by atoms with van der Waals surface area (Å²) in [6.45, 7) is -0.390. The second-order valence-electron chi connectivity index (χ2n) is 6.48. The highest BCUT2D eigenvalue weighted by atomic mass is 31.3. The largest absolute Gasteiger partial charge is 0.490 e. The second kappa shape index (κ2) is 11.2. The average molecular weight is 605 g/mol. The molecular weight excluding hydrogens is 586 g/mol. The number of anilines is 1. The van der Waals surface area contributed by atoms with Crippen molar-refractivity contribution in [3.8, 4) is 0 Å². The number of nitrogen functional groups attached to an aromatic ring is 1. The summed E-state index contributed by atoms with van der Waals surface area (Å²) in [5.41, 5.74) is 6.44. The van der Waals surface area contributed by atoms with Crippen molar-refractivity contribution in [2.24, 2.45) is 0 Å². The van der Waals surface area contributed by atoms with E-state index in [2.05, 4.69) is 27.9 Å². The van der Waals surface area contributed by atoms with Gasteiger partial charge in [0, 0.05) is 0 Å². The van der Waals surface area contributed by atoms with Gasteiger partial charge >= 0.3 is 31.3 Å². The van der Waals surface area contributed by atoms with Crippen LogP contribution in [0.25, 0.3) is 11.2 Å². The summed E-state index contributed by atoms with van der Waals surface area (Å²) in [4.78, 5) is 61.3. The van der Waals surface area contributed by atoms with E-state index in [0.717, 1.165) is 0 Å². The number of fused-ring (bicyclic) bond motifs is 1. The number of ether oxygens (including phenoxy) is 1. The molecule has 3 rings (SSSR count). The van der Waals surface area contributed by atoms with E-state index >= 15 is 0 Å². The van der Waals surface area contributed by atoms with Gasteiger partial charge in [0.2, 0.25) is 0 Å². The first-order chi connectivity index (χ1) is 16.3. The molecule has 206 valence electrons. The highest BCUT2D eigenvalue weighted by Gasteiger charge is 2.45. The zero-order chi connectivity index (χ0) is 27.7. The fraction of sp³-hybridized carbons (Fsp3) is 0.500. The van der Waals surface area contributed by atoms with Gasteiger partial charge in [0.05, 0.1) is 12.9 Å². The van der Waals surface area contributed by atoms with Crippen LogP contribution in [0.2, 0.25) is 0 Å². The van der Waals surface area contributed by atoms with Crippen molar-refractivity contribution in [2.75, 3.05) is 12.3 Å². The van der Waals surface area contributed by atoms with Crippen LogP contribution in [-0.4, -0.2) is 89.1 Å². The third kappa shape index (κ3) is 8.66. The molecule has 11 N–H and O–H groups in total. The monoisotopic (exact) mass is 605 g/mol. The molecule has 2 aromatic rings. The first-order valence-corrected chi connectivity index (χ1v) is 14.8. The fourth-order valence-electron chi connectivity index (χ4n) is 2.60. The zero-order valence-electron chi connectivity index (χ0n) is 17.1. The van der Waals surface area contributed by atoms with E-state index in [0.29, 0.717) is 11.2 Å². The molecule has 1 fully saturated rings. The van der Waals surface area contributed by atoms with E-state index in [1.54, 1.807) is 0 Å². The highest BCUT2D eigenvalue weighted by molar-refractivity contribution is 7.69. The maximum atomic E-state index is 10.7. The number of aliphatic hydroxyl groups is 3. The Bertz CT molecular complexity index is 1220. The van der Waals surface area contributed by atoms with Crippen LogP contribution < -0.4 is 5.73 Å². The highest BCUT2D eigenvalue weighted by Crippen LogP contribution is 2.69. The number of rotatable bonds is 8. The SMILES string of the molecule is Nc1ncnc2c1ncn2[C@@H]1O[C@H](CO)[C@@H](O)[C@H]1O.O=P(O)(O)OP(=O)(O)OP(=O)(O)OP(=O)(O)O. The molecule has 0 saturated carbocycles. The molecule has 0 aromatic carbocycles. The van der Waals surface area contributed by atoms with Gasteiger partial charge in [-0.25, -0.2) is 33.2 Å². The molecule has 3 heterocycles. The van der Waals surface area contributed by atoms with Crippen LogP contribution in [0.3, 0.4) is 0 Å². The molecule has 0 amide bonds. The number of hydrogen-bond donors (Lipinski definition) is 10. The molecule has 0 spiro atoms. The Balaban J connectivity index is 0.000000256. The van der Waals surface area contributed by atoms with E-state index in [4.69, 9.17) is 44.9 Å². The molecule has 6 atom stereocenters. The Kier molecular flexibility index (Phi) is 9.67. The van der Waals surface area contributed by atoms with Crippen LogP contribution in [-0.2, 0) is 35.9 Å². The van der Waals surface area contributed by atoms with Gasteiger partial charge in [-0.1, -0.05) is 0 Å². The van der Waals surface area contributed by atoms with E-state index in [-0.39, 0.29) is 5.82 Å². The molecule has 22 nitrogen and oxygen atoms in total. The van der Waals surface area contributed by atoms with E-state index < -0.39 is 62.4 Å². The predicted octanol–water partition coefficient (Wildman–Crippen LogP) is -2.56. The Hall–Kier alpha value is -1.25. The third-order valence-corrected chi connectivity index (χ3v) is 8.81. The van der Waals surface area contributed by atoms with E-state index in [9.17, 15) is 28.5 Å². The van der Waals surface area contributed by atoms with Crippen LogP contribution in [0.4, 0.5) is 5.82 Å². The van der Waals surface area contributed by atoms with Crippen molar-refractivity contribution in [1.29, 1.82) is 0 Å². The van der Waals surface area contributed by atoms with Crippen LogP contribution in [0.5, 0.6) is 0 Å². The number of hydrogen-bond acceptors (Lipinski definition) is 15. The number of nitrogens with zero attached hydrogens (tertiary/aromatic N) is 4. The first-order valence-electron chi connectivity index (χ1n) is 8.71. The third-order valence-electron chi connectivity index (χ3n) is 3.80. The predicted molar refractivity (Wildman–Crippen MR) is 110 cm³/mol. The van der Waals surface area contributed by atoms with Gasteiger partial charge in [-0.05, 0) is 0 Å². The summed E-state index contributed by atoms with van der Waals surface area (Å²) in [5, 5.41) is 28.7. The number of aromatic nitrogens is 4. The van der Waals surface area contributed by atoms with Gasteiger partial charge in [0.15, 0.2) is 17.7 Å². The minimum absolute atomic E-state index is 0.218. The topological polar surface area (TPSA) is 357 Å². The Morgan fingerprint density at radius 2 is 1.42 bits per heavy atom. The van der Waals surface area contributed by atoms with Crippen molar-refractivity contribution in [3.05, 3.63) is 12.7 Å². The van der Waals surface area contributed by atoms with E-state index in [1.807, 2.05) is 0 Å². The van der Waals surface area contributed by atoms with Gasteiger partial charge in [-0.2, -0.15) is 12.9 Å². The molecule has 36 heavy (non-hydrogen) atoms. The molecule has 2 unspecified atom stereocenters. The van der Waals surface area contributed by atoms with Crippen molar-refractivity contribution < 1.29 is 80.6 Å². The molecule has 1 aliphatic heterocycles. The minimum atomic E-state index is -5.77. The van der Waals surface area contributed by atoms with Crippen LogP contribution in [0, 0.1) is 0 Å². The fourth-order valence-corrected chi connectivity index (χ4v) is 6.56. The quantitative estimate of drug-likeness (QED) is 0.138. The molecule has 0 aliphatic carbocycles.